The maximum absolute atomic E-state index is 11.7. The van der Waals surface area contributed by atoms with Crippen LogP contribution in [0, 0.1) is 13.8 Å². The molecule has 0 unspecified atom stereocenters. The molecule has 0 atom stereocenters. The van der Waals surface area contributed by atoms with E-state index in [9.17, 15) is 4.79 Å². The van der Waals surface area contributed by atoms with E-state index in [2.05, 4.69) is 34.7 Å². The van der Waals surface area contributed by atoms with Crippen LogP contribution in [-0.2, 0) is 4.74 Å². The molecule has 0 fully saturated rings. The molecule has 4 nitrogen and oxygen atoms in total. The number of aryl methyl sites for hydroxylation is 2. The molecule has 1 heterocycles. The predicted octanol–water partition coefficient (Wildman–Crippen LogP) is 4.63. The van der Waals surface area contributed by atoms with Crippen LogP contribution >= 0.6 is 0 Å². The number of benzene rings is 2. The fourth-order valence-electron chi connectivity index (χ4n) is 2.67. The lowest BCUT2D eigenvalue weighted by molar-refractivity contribution is 0.0601. The Labute approximate surface area is 147 Å². The van der Waals surface area contributed by atoms with Crippen molar-refractivity contribution in [2.75, 3.05) is 7.11 Å². The van der Waals surface area contributed by atoms with E-state index in [1.165, 1.54) is 7.11 Å². The number of aliphatic imine (C=N–C) groups is 1. The Balaban J connectivity index is 1.89. The standard InChI is InChI=1S/C21H20N2O2/c1-15-9-10-18(21(24)25-3)12-20(15)22-13-17-11-16(2)23(14-17)19-7-5-4-6-8-19/h4-14H,1-3H3. The van der Waals surface area contributed by atoms with Crippen LogP contribution in [0.25, 0.3) is 5.69 Å². The molecule has 0 aliphatic carbocycles. The van der Waals surface area contributed by atoms with Crippen LogP contribution in [0.5, 0.6) is 0 Å². The number of rotatable bonds is 4. The normalized spacial score (nSPS) is 11.0. The third-order valence-electron chi connectivity index (χ3n) is 4.05. The molecule has 3 aromatic rings. The van der Waals surface area contributed by atoms with Gasteiger partial charge < -0.3 is 9.30 Å². The van der Waals surface area contributed by atoms with Gasteiger partial charge in [0.15, 0.2) is 0 Å². The van der Waals surface area contributed by atoms with Gasteiger partial charge in [-0.2, -0.15) is 0 Å². The van der Waals surface area contributed by atoms with Crippen LogP contribution < -0.4 is 0 Å². The molecule has 0 bridgehead atoms. The second kappa shape index (κ2) is 7.18. The summed E-state index contributed by atoms with van der Waals surface area (Å²) in [5.41, 5.74) is 5.51. The van der Waals surface area contributed by atoms with Crippen molar-refractivity contribution in [3.63, 3.8) is 0 Å². The first-order chi connectivity index (χ1) is 12.1. The van der Waals surface area contributed by atoms with Crippen LogP contribution in [0.15, 0.2) is 65.8 Å². The largest absolute Gasteiger partial charge is 0.465 e. The summed E-state index contributed by atoms with van der Waals surface area (Å²) in [6.45, 7) is 4.03. The lowest BCUT2D eigenvalue weighted by atomic mass is 10.1. The maximum atomic E-state index is 11.7. The maximum Gasteiger partial charge on any atom is 0.337 e. The summed E-state index contributed by atoms with van der Waals surface area (Å²) in [6.07, 6.45) is 3.86. The molecule has 2 aromatic carbocycles. The summed E-state index contributed by atoms with van der Waals surface area (Å²) in [5.74, 6) is -0.359. The molecular formula is C21H20N2O2. The first-order valence-electron chi connectivity index (χ1n) is 8.06. The molecule has 4 heteroatoms. The number of carbonyl (C=O) groups excluding carboxylic acids is 1. The van der Waals surface area contributed by atoms with Gasteiger partial charge in [-0.1, -0.05) is 24.3 Å². The second-order valence-corrected chi connectivity index (χ2v) is 5.87. The topological polar surface area (TPSA) is 43.6 Å². The van der Waals surface area contributed by atoms with Crippen LogP contribution in [0.2, 0.25) is 0 Å². The average Bonchev–Trinajstić information content (AvgIpc) is 3.02. The molecule has 0 radical (unpaired) electrons. The fraction of sp³-hybridized carbons (Fsp3) is 0.143. The highest BCUT2D eigenvalue weighted by atomic mass is 16.5. The number of hydrogen-bond donors (Lipinski definition) is 0. The molecule has 0 N–H and O–H groups in total. The molecule has 0 aliphatic rings. The molecule has 25 heavy (non-hydrogen) atoms. The quantitative estimate of drug-likeness (QED) is 0.516. The zero-order valence-corrected chi connectivity index (χ0v) is 14.6. The van der Waals surface area contributed by atoms with Gasteiger partial charge in [-0.05, 0) is 49.7 Å². The van der Waals surface area contributed by atoms with Crippen molar-refractivity contribution in [2.45, 2.75) is 13.8 Å². The zero-order chi connectivity index (χ0) is 17.8. The molecule has 0 saturated heterocycles. The third kappa shape index (κ3) is 3.69. The Morgan fingerprint density at radius 2 is 1.84 bits per heavy atom. The van der Waals surface area contributed by atoms with Crippen molar-refractivity contribution in [1.82, 2.24) is 4.57 Å². The van der Waals surface area contributed by atoms with Gasteiger partial charge in [0.1, 0.15) is 0 Å². The highest BCUT2D eigenvalue weighted by Gasteiger charge is 2.07. The van der Waals surface area contributed by atoms with E-state index in [1.54, 1.807) is 12.1 Å². The molecular weight excluding hydrogens is 312 g/mol. The van der Waals surface area contributed by atoms with E-state index in [1.807, 2.05) is 43.6 Å². The lowest BCUT2D eigenvalue weighted by Gasteiger charge is -2.04. The monoisotopic (exact) mass is 332 g/mol. The molecule has 0 saturated carbocycles. The van der Waals surface area contributed by atoms with Gasteiger partial charge >= 0.3 is 5.97 Å². The highest BCUT2D eigenvalue weighted by Crippen LogP contribution is 2.21. The van der Waals surface area contributed by atoms with Crippen molar-refractivity contribution < 1.29 is 9.53 Å². The molecule has 0 spiro atoms. The number of para-hydroxylation sites is 1. The lowest BCUT2D eigenvalue weighted by Crippen LogP contribution is -2.00. The molecule has 126 valence electrons. The van der Waals surface area contributed by atoms with Crippen molar-refractivity contribution in [3.8, 4) is 5.69 Å². The van der Waals surface area contributed by atoms with E-state index in [-0.39, 0.29) is 5.97 Å². The molecule has 1 aromatic heterocycles. The van der Waals surface area contributed by atoms with E-state index in [0.717, 1.165) is 28.2 Å². The van der Waals surface area contributed by atoms with Crippen LogP contribution in [0.4, 0.5) is 5.69 Å². The summed E-state index contributed by atoms with van der Waals surface area (Å²) in [6, 6.07) is 17.6. The number of esters is 1. The Hall–Kier alpha value is -3.14. The number of nitrogens with zero attached hydrogens (tertiary/aromatic N) is 2. The first-order valence-corrected chi connectivity index (χ1v) is 8.06. The molecule has 3 rings (SSSR count). The summed E-state index contributed by atoms with van der Waals surface area (Å²) in [4.78, 5) is 16.2. The summed E-state index contributed by atoms with van der Waals surface area (Å²) >= 11 is 0. The van der Waals surface area contributed by atoms with Crippen LogP contribution in [0.3, 0.4) is 0 Å². The smallest absolute Gasteiger partial charge is 0.337 e. The zero-order valence-electron chi connectivity index (χ0n) is 14.6. The minimum Gasteiger partial charge on any atom is -0.465 e. The van der Waals surface area contributed by atoms with E-state index >= 15 is 0 Å². The number of ether oxygens (including phenoxy) is 1. The van der Waals surface area contributed by atoms with Crippen LogP contribution in [-0.4, -0.2) is 23.9 Å². The van der Waals surface area contributed by atoms with E-state index in [0.29, 0.717) is 5.56 Å². The van der Waals surface area contributed by atoms with Gasteiger partial charge in [0.25, 0.3) is 0 Å². The number of carbonyl (C=O) groups is 1. The van der Waals surface area contributed by atoms with Gasteiger partial charge in [-0.25, -0.2) is 4.79 Å². The number of aromatic nitrogens is 1. The summed E-state index contributed by atoms with van der Waals surface area (Å²) in [5, 5.41) is 0. The predicted molar refractivity (Wildman–Crippen MR) is 100 cm³/mol. The first kappa shape index (κ1) is 16.7. The van der Waals surface area contributed by atoms with E-state index in [4.69, 9.17) is 4.74 Å². The molecule has 0 aliphatic heterocycles. The van der Waals surface area contributed by atoms with Crippen molar-refractivity contribution in [1.29, 1.82) is 0 Å². The fourth-order valence-corrected chi connectivity index (χ4v) is 2.67. The SMILES string of the molecule is COC(=O)c1ccc(C)c(N=Cc2cc(C)n(-c3ccccc3)c2)c1. The van der Waals surface area contributed by atoms with Crippen molar-refractivity contribution in [2.24, 2.45) is 4.99 Å². The van der Waals surface area contributed by atoms with Gasteiger partial charge in [-0.3, -0.25) is 4.99 Å². The van der Waals surface area contributed by atoms with Gasteiger partial charge in [-0.15, -0.1) is 0 Å². The van der Waals surface area contributed by atoms with Crippen LogP contribution in [0.1, 0.15) is 27.2 Å². The Morgan fingerprint density at radius 1 is 1.08 bits per heavy atom. The van der Waals surface area contributed by atoms with E-state index < -0.39 is 0 Å². The summed E-state index contributed by atoms with van der Waals surface area (Å²) in [7, 11) is 1.38. The highest BCUT2D eigenvalue weighted by molar-refractivity contribution is 5.91. The Morgan fingerprint density at radius 3 is 2.56 bits per heavy atom. The molecule has 0 amide bonds. The number of hydrogen-bond acceptors (Lipinski definition) is 3. The third-order valence-corrected chi connectivity index (χ3v) is 4.05. The summed E-state index contributed by atoms with van der Waals surface area (Å²) < 4.78 is 6.89. The minimum absolute atomic E-state index is 0.359. The van der Waals surface area contributed by atoms with Crippen molar-refractivity contribution >= 4 is 17.9 Å². The minimum atomic E-state index is -0.359. The second-order valence-electron chi connectivity index (χ2n) is 5.87. The van der Waals surface area contributed by atoms with Gasteiger partial charge in [0.2, 0.25) is 0 Å². The Kier molecular flexibility index (Phi) is 4.80. The van der Waals surface area contributed by atoms with Crippen molar-refractivity contribution in [3.05, 3.63) is 83.2 Å². The van der Waals surface area contributed by atoms with Gasteiger partial charge in [0.05, 0.1) is 18.4 Å². The Bertz CT molecular complexity index is 924. The number of methoxy groups -OCH3 is 1. The van der Waals surface area contributed by atoms with Gasteiger partial charge in [0, 0.05) is 29.4 Å². The average molecular weight is 332 g/mol.